The maximum Gasteiger partial charge on any atom is 1.00 e. The number of hydrogen-bond acceptors (Lipinski definition) is 0. The van der Waals surface area contributed by atoms with Crippen molar-refractivity contribution in [2.24, 2.45) is 0 Å². The van der Waals surface area contributed by atoms with Gasteiger partial charge < -0.3 is 0 Å². The molecule has 0 nitrogen and oxygen atoms in total. The molecule has 0 heterocycles. The Morgan fingerprint density at radius 1 is 1.06 bits per heavy atom. The Labute approximate surface area is 112 Å². The fraction of sp³-hybridized carbons (Fsp3) is 0.286. The molecule has 0 aromatic heterocycles. The molecule has 0 aromatic rings. The first-order valence-corrected chi connectivity index (χ1v) is 7.01. The molecule has 0 spiro atoms. The maximum absolute atomic E-state index is 3.71. The minimum atomic E-state index is 0. The van der Waals surface area contributed by atoms with E-state index in [2.05, 4.69) is 31.9 Å². The van der Waals surface area contributed by atoms with E-state index in [1.807, 2.05) is 30.4 Å². The van der Waals surface area contributed by atoms with Gasteiger partial charge in [0.05, 0.1) is 0 Å². The van der Waals surface area contributed by atoms with Crippen LogP contribution in [0.25, 0.3) is 0 Å². The molecule has 92 valence electrons. The van der Waals surface area contributed by atoms with Gasteiger partial charge in [-0.05, 0) is 18.5 Å². The van der Waals surface area contributed by atoms with E-state index in [9.17, 15) is 0 Å². The van der Waals surface area contributed by atoms with Gasteiger partial charge in [0.15, 0.2) is 0 Å². The Morgan fingerprint density at radius 3 is 1.75 bits per heavy atom. The summed E-state index contributed by atoms with van der Waals surface area (Å²) in [7, 11) is 0.0849. The van der Waals surface area contributed by atoms with E-state index in [0.717, 1.165) is 24.9 Å². The van der Waals surface area contributed by atoms with Crippen molar-refractivity contribution >= 4 is 7.92 Å². The molecule has 0 aliphatic heterocycles. The summed E-state index contributed by atoms with van der Waals surface area (Å²) in [6.45, 7) is 11.1. The minimum absolute atomic E-state index is 0. The van der Waals surface area contributed by atoms with Gasteiger partial charge in [-0.3, -0.25) is 6.08 Å². The van der Waals surface area contributed by atoms with Crippen molar-refractivity contribution in [1.29, 1.82) is 0 Å². The zero-order chi connectivity index (χ0) is 11.4. The monoisotopic (exact) mass is 282 g/mol. The Kier molecular flexibility index (Phi) is 16.5. The van der Waals surface area contributed by atoms with Gasteiger partial charge in [0, 0.05) is 0 Å². The number of rotatable bonds is 6. The van der Waals surface area contributed by atoms with Gasteiger partial charge >= 0.3 is 17.1 Å². The first kappa shape index (κ1) is 18.0. The second-order valence-corrected chi connectivity index (χ2v) is 5.52. The molecular weight excluding hydrogens is 263 g/mol. The van der Waals surface area contributed by atoms with Gasteiger partial charge in [-0.25, -0.2) is 12.2 Å². The molecule has 0 fully saturated rings. The predicted octanol–water partition coefficient (Wildman–Crippen LogP) is 4.33. The van der Waals surface area contributed by atoms with Gasteiger partial charge in [-0.2, -0.15) is 6.08 Å². The molecule has 0 atom stereocenters. The van der Waals surface area contributed by atoms with Gasteiger partial charge in [-0.1, -0.05) is 26.1 Å². The molecule has 16 heavy (non-hydrogen) atoms. The average molecular weight is 283 g/mol. The largest absolute Gasteiger partial charge is 1.00 e. The molecule has 0 amide bonds. The van der Waals surface area contributed by atoms with Crippen molar-refractivity contribution in [1.82, 2.24) is 0 Å². The van der Waals surface area contributed by atoms with Crippen LogP contribution in [0.1, 0.15) is 6.42 Å². The van der Waals surface area contributed by atoms with Crippen molar-refractivity contribution in [2.45, 2.75) is 6.42 Å². The zero-order valence-electron chi connectivity index (χ0n) is 9.66. The van der Waals surface area contributed by atoms with Crippen LogP contribution >= 0.6 is 7.92 Å². The summed E-state index contributed by atoms with van der Waals surface area (Å²) in [5.74, 6) is 0. The van der Waals surface area contributed by atoms with Gasteiger partial charge in [0.1, 0.15) is 0 Å². The first-order chi connectivity index (χ1) is 7.35. The number of allylic oxidation sites excluding steroid dienone is 7. The minimum Gasteiger partial charge on any atom is -0.273 e. The third-order valence-electron chi connectivity index (χ3n) is 1.75. The summed E-state index contributed by atoms with van der Waals surface area (Å²) in [4.78, 5) is 0. The van der Waals surface area contributed by atoms with Crippen LogP contribution in [0.5, 0.6) is 0 Å². The second-order valence-electron chi connectivity index (χ2n) is 3.09. The number of hydrogen-bond donors (Lipinski definition) is 0. The fourth-order valence-corrected chi connectivity index (χ4v) is 2.65. The Morgan fingerprint density at radius 2 is 1.56 bits per heavy atom. The van der Waals surface area contributed by atoms with Crippen molar-refractivity contribution in [3.8, 4) is 0 Å². The van der Waals surface area contributed by atoms with Gasteiger partial charge in [-0.15, -0.1) is 26.2 Å². The van der Waals surface area contributed by atoms with E-state index < -0.39 is 0 Å². The van der Waals surface area contributed by atoms with Crippen molar-refractivity contribution in [3.63, 3.8) is 0 Å². The van der Waals surface area contributed by atoms with Crippen LogP contribution in [0.3, 0.4) is 0 Å². The van der Waals surface area contributed by atoms with Crippen LogP contribution in [0.2, 0.25) is 0 Å². The van der Waals surface area contributed by atoms with Crippen LogP contribution in [-0.4, -0.2) is 18.5 Å². The molecule has 0 saturated carbocycles. The van der Waals surface area contributed by atoms with Crippen LogP contribution in [0.4, 0.5) is 0 Å². The van der Waals surface area contributed by atoms with E-state index >= 15 is 0 Å². The SMILES string of the molecule is C=CCP(CC=C)CC=C.[C-]1=CC=CC1.[Cu+]. The molecule has 2 heteroatoms. The van der Waals surface area contributed by atoms with Crippen molar-refractivity contribution < 1.29 is 17.1 Å². The van der Waals surface area contributed by atoms with E-state index in [4.69, 9.17) is 0 Å². The summed E-state index contributed by atoms with van der Waals surface area (Å²) in [5, 5.41) is 0. The van der Waals surface area contributed by atoms with Crippen LogP contribution < -0.4 is 0 Å². The van der Waals surface area contributed by atoms with E-state index in [-0.39, 0.29) is 25.0 Å². The summed E-state index contributed by atoms with van der Waals surface area (Å²) >= 11 is 0. The Bertz CT molecular complexity index is 207. The smallest absolute Gasteiger partial charge is 0.273 e. The maximum atomic E-state index is 3.71. The van der Waals surface area contributed by atoms with Crippen LogP contribution in [-0.2, 0) is 17.1 Å². The third kappa shape index (κ3) is 11.7. The Hall–Kier alpha value is -0.351. The predicted molar refractivity (Wildman–Crippen MR) is 73.7 cm³/mol. The van der Waals surface area contributed by atoms with Crippen molar-refractivity contribution in [2.75, 3.05) is 18.5 Å². The van der Waals surface area contributed by atoms with Gasteiger partial charge in [0.25, 0.3) is 0 Å². The van der Waals surface area contributed by atoms with Crippen molar-refractivity contribution in [3.05, 3.63) is 62.3 Å². The summed E-state index contributed by atoms with van der Waals surface area (Å²) < 4.78 is 0. The van der Waals surface area contributed by atoms with Crippen LogP contribution in [0.15, 0.2) is 56.2 Å². The molecule has 0 bridgehead atoms. The first-order valence-electron chi connectivity index (χ1n) is 5.12. The topological polar surface area (TPSA) is 0 Å². The summed E-state index contributed by atoms with van der Waals surface area (Å²) in [6.07, 6.45) is 19.4. The second kappa shape index (κ2) is 14.6. The molecule has 1 aliphatic rings. The molecule has 0 unspecified atom stereocenters. The van der Waals surface area contributed by atoms with Gasteiger partial charge in [0.2, 0.25) is 0 Å². The van der Waals surface area contributed by atoms with E-state index in [1.54, 1.807) is 0 Å². The van der Waals surface area contributed by atoms with E-state index in [0.29, 0.717) is 0 Å². The Balaban J connectivity index is 0. The van der Waals surface area contributed by atoms with Crippen LogP contribution in [0, 0.1) is 6.08 Å². The quantitative estimate of drug-likeness (QED) is 0.294. The molecule has 1 aliphatic carbocycles. The normalized spacial score (nSPS) is 11.3. The molecule has 1 rings (SSSR count). The zero-order valence-corrected chi connectivity index (χ0v) is 11.5. The molecule has 0 N–H and O–H groups in total. The molecule has 0 saturated heterocycles. The summed E-state index contributed by atoms with van der Waals surface area (Å²) in [6, 6.07) is 0. The molecule has 0 radical (unpaired) electrons. The average Bonchev–Trinajstić information content (AvgIpc) is 2.77. The third-order valence-corrected chi connectivity index (χ3v) is 4.07. The fourth-order valence-electron chi connectivity index (χ4n) is 1.11. The summed E-state index contributed by atoms with van der Waals surface area (Å²) in [5.41, 5.74) is 0. The van der Waals surface area contributed by atoms with E-state index in [1.165, 1.54) is 0 Å². The standard InChI is InChI=1S/C9H15P.C5H5.Cu/c1-4-7-10(8-5-2)9-6-3;1-2-4-5-3-1;/h4-6H,1-3,7-9H2;1-3H,4H2;/q;-1;+1. The molecule has 0 aromatic carbocycles. The molecular formula is C14H20CuP.